The number of nitrogens with two attached hydrogens (primary N) is 1. The molecular formula is C18H22BrN3O3S. The predicted molar refractivity (Wildman–Crippen MR) is 107 cm³/mol. The van der Waals surface area contributed by atoms with Gasteiger partial charge in [0.1, 0.15) is 0 Å². The second-order valence-electron chi connectivity index (χ2n) is 5.82. The Hall–Kier alpha value is -1.90. The highest BCUT2D eigenvalue weighted by Gasteiger charge is 2.20. The van der Waals surface area contributed by atoms with Gasteiger partial charge in [-0.05, 0) is 40.0 Å². The zero-order valence-electron chi connectivity index (χ0n) is 14.5. The molecule has 0 unspecified atom stereocenters. The zero-order valence-corrected chi connectivity index (χ0v) is 16.9. The SMILES string of the molecule is CCCCNC(=O)c1cc(S(N)(=O)=O)c(Br)cc1NCc1ccccc1. The van der Waals surface area contributed by atoms with Crippen LogP contribution in [0.25, 0.3) is 0 Å². The quantitative estimate of drug-likeness (QED) is 0.549. The number of amides is 1. The lowest BCUT2D eigenvalue weighted by Crippen LogP contribution is -2.26. The second kappa shape index (κ2) is 9.16. The first-order valence-electron chi connectivity index (χ1n) is 8.25. The fourth-order valence-electron chi connectivity index (χ4n) is 2.37. The number of anilines is 1. The largest absolute Gasteiger partial charge is 0.380 e. The molecule has 0 atom stereocenters. The third-order valence-corrected chi connectivity index (χ3v) is 5.63. The van der Waals surface area contributed by atoms with Crippen molar-refractivity contribution in [2.24, 2.45) is 5.14 Å². The first-order chi connectivity index (χ1) is 12.3. The molecule has 0 aliphatic carbocycles. The van der Waals surface area contributed by atoms with Crippen LogP contribution in [0.2, 0.25) is 0 Å². The number of sulfonamides is 1. The molecule has 4 N–H and O–H groups in total. The van der Waals surface area contributed by atoms with Gasteiger partial charge in [-0.15, -0.1) is 0 Å². The molecule has 0 aromatic heterocycles. The molecule has 0 radical (unpaired) electrons. The molecule has 2 aromatic rings. The molecule has 2 rings (SSSR count). The summed E-state index contributed by atoms with van der Waals surface area (Å²) >= 11 is 3.23. The number of rotatable bonds is 8. The van der Waals surface area contributed by atoms with Crippen LogP contribution in [-0.4, -0.2) is 20.9 Å². The Labute approximate surface area is 162 Å². The number of halogens is 1. The molecule has 2 aromatic carbocycles. The van der Waals surface area contributed by atoms with E-state index in [1.165, 1.54) is 6.07 Å². The van der Waals surface area contributed by atoms with Gasteiger partial charge in [0.25, 0.3) is 5.91 Å². The van der Waals surface area contributed by atoms with Crippen LogP contribution in [0.3, 0.4) is 0 Å². The van der Waals surface area contributed by atoms with Crippen molar-refractivity contribution in [1.29, 1.82) is 0 Å². The first kappa shape index (κ1) is 20.4. The van der Waals surface area contributed by atoms with Gasteiger partial charge in [-0.25, -0.2) is 13.6 Å². The van der Waals surface area contributed by atoms with Crippen molar-refractivity contribution in [2.45, 2.75) is 31.2 Å². The normalized spacial score (nSPS) is 11.2. The fourth-order valence-corrected chi connectivity index (χ4v) is 4.01. The van der Waals surface area contributed by atoms with E-state index in [0.29, 0.717) is 23.2 Å². The highest BCUT2D eigenvalue weighted by Crippen LogP contribution is 2.29. The summed E-state index contributed by atoms with van der Waals surface area (Å²) in [4.78, 5) is 12.4. The van der Waals surface area contributed by atoms with Crippen molar-refractivity contribution >= 4 is 37.5 Å². The van der Waals surface area contributed by atoms with Crippen LogP contribution >= 0.6 is 15.9 Å². The van der Waals surface area contributed by atoms with Crippen LogP contribution in [0.5, 0.6) is 0 Å². The second-order valence-corrected chi connectivity index (χ2v) is 8.21. The summed E-state index contributed by atoms with van der Waals surface area (Å²) in [5.74, 6) is -0.341. The number of hydrogen-bond donors (Lipinski definition) is 3. The van der Waals surface area contributed by atoms with Crippen LogP contribution in [-0.2, 0) is 16.6 Å². The monoisotopic (exact) mass is 439 g/mol. The molecule has 1 amide bonds. The Bertz CT molecular complexity index is 871. The third kappa shape index (κ3) is 5.55. The van der Waals surface area contributed by atoms with Crippen molar-refractivity contribution in [3.63, 3.8) is 0 Å². The average Bonchev–Trinajstić information content (AvgIpc) is 2.60. The molecule has 140 valence electrons. The van der Waals surface area contributed by atoms with Gasteiger partial charge in [-0.3, -0.25) is 4.79 Å². The molecule has 0 saturated carbocycles. The van der Waals surface area contributed by atoms with Crippen LogP contribution < -0.4 is 15.8 Å². The molecule has 26 heavy (non-hydrogen) atoms. The molecule has 0 spiro atoms. The number of carbonyl (C=O) groups is 1. The van der Waals surface area contributed by atoms with E-state index in [9.17, 15) is 13.2 Å². The zero-order chi connectivity index (χ0) is 19.2. The minimum absolute atomic E-state index is 0.122. The van der Waals surface area contributed by atoms with Gasteiger partial charge in [0, 0.05) is 23.2 Å². The summed E-state index contributed by atoms with van der Waals surface area (Å²) in [5, 5.41) is 11.3. The number of hydrogen-bond acceptors (Lipinski definition) is 4. The molecular weight excluding hydrogens is 418 g/mol. The predicted octanol–water partition coefficient (Wildman–Crippen LogP) is 3.24. The van der Waals surface area contributed by atoms with E-state index in [4.69, 9.17) is 5.14 Å². The lowest BCUT2D eigenvalue weighted by Gasteiger charge is -2.15. The molecule has 0 saturated heterocycles. The number of benzene rings is 2. The third-order valence-electron chi connectivity index (χ3n) is 3.76. The summed E-state index contributed by atoms with van der Waals surface area (Å²) in [7, 11) is -3.95. The van der Waals surface area contributed by atoms with Crippen molar-refractivity contribution in [3.05, 3.63) is 58.1 Å². The maximum absolute atomic E-state index is 12.5. The van der Waals surface area contributed by atoms with Crippen LogP contribution in [0, 0.1) is 0 Å². The summed E-state index contributed by atoms with van der Waals surface area (Å²) in [5.41, 5.74) is 1.81. The summed E-state index contributed by atoms with van der Waals surface area (Å²) in [6, 6.07) is 12.6. The summed E-state index contributed by atoms with van der Waals surface area (Å²) in [6.45, 7) is 3.04. The molecule has 0 aliphatic heterocycles. The minimum Gasteiger partial charge on any atom is -0.380 e. The van der Waals surface area contributed by atoms with Crippen LogP contribution in [0.1, 0.15) is 35.7 Å². The lowest BCUT2D eigenvalue weighted by molar-refractivity contribution is 0.0953. The van der Waals surface area contributed by atoms with Gasteiger partial charge in [-0.2, -0.15) is 0 Å². The van der Waals surface area contributed by atoms with E-state index >= 15 is 0 Å². The van der Waals surface area contributed by atoms with E-state index in [0.717, 1.165) is 18.4 Å². The lowest BCUT2D eigenvalue weighted by atomic mass is 10.1. The van der Waals surface area contributed by atoms with Gasteiger partial charge in [0.2, 0.25) is 10.0 Å². The van der Waals surface area contributed by atoms with Gasteiger partial charge in [0.15, 0.2) is 0 Å². The summed E-state index contributed by atoms with van der Waals surface area (Å²) < 4.78 is 23.9. The smallest absolute Gasteiger partial charge is 0.253 e. The average molecular weight is 440 g/mol. The topological polar surface area (TPSA) is 101 Å². The highest BCUT2D eigenvalue weighted by atomic mass is 79.9. The molecule has 0 fully saturated rings. The molecule has 8 heteroatoms. The van der Waals surface area contributed by atoms with Gasteiger partial charge in [0.05, 0.1) is 10.5 Å². The minimum atomic E-state index is -3.95. The van der Waals surface area contributed by atoms with Gasteiger partial charge < -0.3 is 10.6 Å². The van der Waals surface area contributed by atoms with Crippen molar-refractivity contribution in [1.82, 2.24) is 5.32 Å². The number of nitrogens with one attached hydrogen (secondary N) is 2. The van der Waals surface area contributed by atoms with Crippen molar-refractivity contribution in [3.8, 4) is 0 Å². The standard InChI is InChI=1S/C18H22BrN3O3S/c1-2-3-9-21-18(23)14-10-17(26(20,24)25)15(19)11-16(14)22-12-13-7-5-4-6-8-13/h4-8,10-11,22H,2-3,9,12H2,1H3,(H,21,23)(H2,20,24,25). The van der Waals surface area contributed by atoms with E-state index in [1.54, 1.807) is 6.07 Å². The highest BCUT2D eigenvalue weighted by molar-refractivity contribution is 9.10. The first-order valence-corrected chi connectivity index (χ1v) is 10.6. The fraction of sp³-hybridized carbons (Fsp3) is 0.278. The van der Waals surface area contributed by atoms with Gasteiger partial charge in [-0.1, -0.05) is 43.7 Å². The summed E-state index contributed by atoms with van der Waals surface area (Å²) in [6.07, 6.45) is 1.79. The molecule has 6 nitrogen and oxygen atoms in total. The Kier molecular flexibility index (Phi) is 7.19. The molecule has 0 bridgehead atoms. The van der Waals surface area contributed by atoms with Crippen molar-refractivity contribution < 1.29 is 13.2 Å². The number of unbranched alkanes of at least 4 members (excludes halogenated alkanes) is 1. The Morgan fingerprint density at radius 3 is 2.50 bits per heavy atom. The maximum Gasteiger partial charge on any atom is 0.253 e. The van der Waals surface area contributed by atoms with Crippen LogP contribution in [0.15, 0.2) is 51.8 Å². The Morgan fingerprint density at radius 1 is 1.19 bits per heavy atom. The van der Waals surface area contributed by atoms with E-state index < -0.39 is 10.0 Å². The van der Waals surface area contributed by atoms with Gasteiger partial charge >= 0.3 is 0 Å². The van der Waals surface area contributed by atoms with E-state index in [1.807, 2.05) is 37.3 Å². The van der Waals surface area contributed by atoms with Crippen LogP contribution in [0.4, 0.5) is 5.69 Å². The molecule has 0 heterocycles. The van der Waals surface area contributed by atoms with E-state index in [-0.39, 0.29) is 16.4 Å². The Morgan fingerprint density at radius 2 is 1.88 bits per heavy atom. The number of carbonyl (C=O) groups excluding carboxylic acids is 1. The molecule has 0 aliphatic rings. The Balaban J connectivity index is 2.34. The number of primary sulfonamides is 1. The van der Waals surface area contributed by atoms with E-state index in [2.05, 4.69) is 26.6 Å². The maximum atomic E-state index is 12.5. The van der Waals surface area contributed by atoms with Crippen molar-refractivity contribution in [2.75, 3.05) is 11.9 Å².